The molecule has 2 amide bonds. The highest BCUT2D eigenvalue weighted by molar-refractivity contribution is 7.14. The molecule has 0 spiro atoms. The van der Waals surface area contributed by atoms with E-state index >= 15 is 0 Å². The molecule has 1 atom stereocenters. The number of urea groups is 1. The van der Waals surface area contributed by atoms with Crippen molar-refractivity contribution in [3.63, 3.8) is 0 Å². The highest BCUT2D eigenvalue weighted by Gasteiger charge is 2.45. The summed E-state index contributed by atoms with van der Waals surface area (Å²) >= 11 is 1.20. The number of carboxylic acid groups (broad SMARTS) is 1. The largest absolute Gasteiger partial charge is 0.478 e. The molecule has 1 aromatic rings. The number of anilines is 1. The molecule has 1 fully saturated rings. The van der Waals surface area contributed by atoms with E-state index in [1.54, 1.807) is 5.38 Å². The van der Waals surface area contributed by atoms with Crippen molar-refractivity contribution in [3.05, 3.63) is 17.0 Å². The van der Waals surface area contributed by atoms with Gasteiger partial charge in [-0.2, -0.15) is 0 Å². The van der Waals surface area contributed by atoms with Gasteiger partial charge in [0.15, 0.2) is 0 Å². The summed E-state index contributed by atoms with van der Waals surface area (Å²) in [4.78, 5) is 22.5. The van der Waals surface area contributed by atoms with Gasteiger partial charge in [-0.05, 0) is 29.2 Å². The van der Waals surface area contributed by atoms with Gasteiger partial charge in [-0.3, -0.25) is 5.32 Å². The van der Waals surface area contributed by atoms with Crippen molar-refractivity contribution in [2.75, 3.05) is 11.9 Å². The van der Waals surface area contributed by atoms with Crippen LogP contribution in [0, 0.1) is 11.3 Å². The van der Waals surface area contributed by atoms with E-state index in [9.17, 15) is 9.59 Å². The molecule has 1 unspecified atom stereocenters. The molecule has 1 aliphatic carbocycles. The predicted octanol–water partition coefficient (Wildman–Crippen LogP) is 2.61. The van der Waals surface area contributed by atoms with Crippen LogP contribution in [0.3, 0.4) is 0 Å². The second kappa shape index (κ2) is 4.61. The summed E-state index contributed by atoms with van der Waals surface area (Å²) in [6.07, 6.45) is 1.12. The first-order valence-electron chi connectivity index (χ1n) is 5.76. The SMILES string of the molecule is CC1(C)CC1CNC(=O)Nc1sccc1C(=O)O. The van der Waals surface area contributed by atoms with Crippen LogP contribution in [0.5, 0.6) is 0 Å². The molecule has 1 saturated carbocycles. The van der Waals surface area contributed by atoms with Gasteiger partial charge in [-0.25, -0.2) is 9.59 Å². The van der Waals surface area contributed by atoms with Crippen molar-refractivity contribution in [3.8, 4) is 0 Å². The molecular formula is C12H16N2O3S. The number of aromatic carboxylic acids is 1. The molecule has 0 aliphatic heterocycles. The zero-order chi connectivity index (χ0) is 13.3. The van der Waals surface area contributed by atoms with E-state index in [0.717, 1.165) is 6.42 Å². The minimum absolute atomic E-state index is 0.127. The highest BCUT2D eigenvalue weighted by Crippen LogP contribution is 2.50. The smallest absolute Gasteiger partial charge is 0.338 e. The third kappa shape index (κ3) is 2.81. The van der Waals surface area contributed by atoms with Crippen LogP contribution in [0.4, 0.5) is 9.80 Å². The van der Waals surface area contributed by atoms with Crippen LogP contribution >= 0.6 is 11.3 Å². The molecule has 0 aromatic carbocycles. The van der Waals surface area contributed by atoms with Crippen molar-refractivity contribution in [1.29, 1.82) is 0 Å². The Morgan fingerprint density at radius 2 is 2.22 bits per heavy atom. The number of carbonyl (C=O) groups excluding carboxylic acids is 1. The number of nitrogens with one attached hydrogen (secondary N) is 2. The van der Waals surface area contributed by atoms with Crippen LogP contribution in [-0.2, 0) is 0 Å². The minimum atomic E-state index is -1.03. The number of carbonyl (C=O) groups is 2. The summed E-state index contributed by atoms with van der Waals surface area (Å²) in [7, 11) is 0. The topological polar surface area (TPSA) is 78.4 Å². The first kappa shape index (κ1) is 12.9. The average molecular weight is 268 g/mol. The normalized spacial score (nSPS) is 20.2. The third-order valence-electron chi connectivity index (χ3n) is 3.35. The number of amides is 2. The summed E-state index contributed by atoms with van der Waals surface area (Å²) in [5, 5.41) is 16.2. The lowest BCUT2D eigenvalue weighted by Gasteiger charge is -2.07. The van der Waals surface area contributed by atoms with E-state index in [-0.39, 0.29) is 11.6 Å². The van der Waals surface area contributed by atoms with Crippen molar-refractivity contribution in [2.24, 2.45) is 11.3 Å². The molecule has 98 valence electrons. The first-order valence-corrected chi connectivity index (χ1v) is 6.64. The summed E-state index contributed by atoms with van der Waals surface area (Å²) in [5.74, 6) is -0.514. The molecule has 5 nitrogen and oxygen atoms in total. The molecule has 0 radical (unpaired) electrons. The van der Waals surface area contributed by atoms with Crippen molar-refractivity contribution in [2.45, 2.75) is 20.3 Å². The Hall–Kier alpha value is -1.56. The highest BCUT2D eigenvalue weighted by atomic mass is 32.1. The number of hydrogen-bond donors (Lipinski definition) is 3. The van der Waals surface area contributed by atoms with Gasteiger partial charge in [0.05, 0.1) is 5.56 Å². The van der Waals surface area contributed by atoms with Crippen LogP contribution in [-0.4, -0.2) is 23.7 Å². The summed E-state index contributed by atoms with van der Waals surface area (Å²) < 4.78 is 0. The van der Waals surface area contributed by atoms with E-state index in [1.807, 2.05) is 0 Å². The first-order chi connectivity index (χ1) is 8.40. The molecule has 1 aromatic heterocycles. The van der Waals surface area contributed by atoms with Gasteiger partial charge in [0.2, 0.25) is 0 Å². The Kier molecular flexibility index (Phi) is 3.30. The monoisotopic (exact) mass is 268 g/mol. The summed E-state index contributed by atoms with van der Waals surface area (Å²) in [6.45, 7) is 4.96. The number of thiophene rings is 1. The van der Waals surface area contributed by atoms with Gasteiger partial charge in [0, 0.05) is 6.54 Å². The fourth-order valence-electron chi connectivity index (χ4n) is 1.86. The Morgan fingerprint density at radius 3 is 2.78 bits per heavy atom. The van der Waals surface area contributed by atoms with Crippen LogP contribution in [0.1, 0.15) is 30.6 Å². The minimum Gasteiger partial charge on any atom is -0.478 e. The van der Waals surface area contributed by atoms with Gasteiger partial charge in [0.1, 0.15) is 5.00 Å². The molecule has 0 saturated heterocycles. The number of carboxylic acids is 1. The van der Waals surface area contributed by atoms with Gasteiger partial charge in [-0.1, -0.05) is 13.8 Å². The predicted molar refractivity (Wildman–Crippen MR) is 70.2 cm³/mol. The lowest BCUT2D eigenvalue weighted by atomic mass is 10.1. The maximum atomic E-state index is 11.6. The molecule has 3 N–H and O–H groups in total. The zero-order valence-corrected chi connectivity index (χ0v) is 11.1. The van der Waals surface area contributed by atoms with Crippen LogP contribution < -0.4 is 10.6 Å². The molecule has 6 heteroatoms. The maximum Gasteiger partial charge on any atom is 0.338 e. The second-order valence-corrected chi connectivity index (χ2v) is 6.11. The lowest BCUT2D eigenvalue weighted by Crippen LogP contribution is -2.31. The Balaban J connectivity index is 1.84. The van der Waals surface area contributed by atoms with Crippen LogP contribution in [0.25, 0.3) is 0 Å². The van der Waals surface area contributed by atoms with Crippen LogP contribution in [0.2, 0.25) is 0 Å². The second-order valence-electron chi connectivity index (χ2n) is 5.19. The average Bonchev–Trinajstić information content (AvgIpc) is 2.71. The third-order valence-corrected chi connectivity index (χ3v) is 4.18. The molecular weight excluding hydrogens is 252 g/mol. The lowest BCUT2D eigenvalue weighted by molar-refractivity contribution is 0.0698. The van der Waals surface area contributed by atoms with E-state index in [2.05, 4.69) is 24.5 Å². The molecule has 2 rings (SSSR count). The fraction of sp³-hybridized carbons (Fsp3) is 0.500. The quantitative estimate of drug-likeness (QED) is 0.785. The zero-order valence-electron chi connectivity index (χ0n) is 10.3. The molecule has 1 heterocycles. The number of hydrogen-bond acceptors (Lipinski definition) is 3. The van der Waals surface area contributed by atoms with Gasteiger partial charge < -0.3 is 10.4 Å². The Morgan fingerprint density at radius 1 is 1.56 bits per heavy atom. The van der Waals surface area contributed by atoms with E-state index in [4.69, 9.17) is 5.11 Å². The van der Waals surface area contributed by atoms with Gasteiger partial charge in [-0.15, -0.1) is 11.3 Å². The fourth-order valence-corrected chi connectivity index (χ4v) is 2.64. The Bertz CT molecular complexity index is 481. The summed E-state index contributed by atoms with van der Waals surface area (Å²) in [5.41, 5.74) is 0.449. The Labute approximate surface area is 109 Å². The van der Waals surface area contributed by atoms with Crippen molar-refractivity contribution in [1.82, 2.24) is 5.32 Å². The van der Waals surface area contributed by atoms with Gasteiger partial charge >= 0.3 is 12.0 Å². The van der Waals surface area contributed by atoms with Crippen molar-refractivity contribution < 1.29 is 14.7 Å². The van der Waals surface area contributed by atoms with E-state index in [1.165, 1.54) is 17.4 Å². The standard InChI is InChI=1S/C12H16N2O3S/c1-12(2)5-7(12)6-13-11(17)14-9-8(10(15)16)3-4-18-9/h3-4,7H,5-6H2,1-2H3,(H,15,16)(H2,13,14,17). The summed E-state index contributed by atoms with van der Waals surface area (Å²) in [6, 6.07) is 1.13. The molecule has 1 aliphatic rings. The maximum absolute atomic E-state index is 11.6. The van der Waals surface area contributed by atoms with Gasteiger partial charge in [0.25, 0.3) is 0 Å². The number of rotatable bonds is 4. The van der Waals surface area contributed by atoms with Crippen LogP contribution in [0.15, 0.2) is 11.4 Å². The molecule has 0 bridgehead atoms. The van der Waals surface area contributed by atoms with Crippen molar-refractivity contribution >= 4 is 28.3 Å². The van der Waals surface area contributed by atoms with E-state index in [0.29, 0.717) is 22.9 Å². The van der Waals surface area contributed by atoms with E-state index < -0.39 is 5.97 Å². The molecule has 18 heavy (non-hydrogen) atoms.